The number of fused-ring (bicyclic) bond motifs is 1. The molecular weight excluding hydrogens is 568 g/mol. The minimum atomic E-state index is -0.620. The summed E-state index contributed by atoms with van der Waals surface area (Å²) < 4.78 is 26.1. The Labute approximate surface area is 248 Å². The number of hydrogen-bond donors (Lipinski definition) is 1. The number of amides is 2. The van der Waals surface area contributed by atoms with Gasteiger partial charge in [-0.2, -0.15) is 0 Å². The van der Waals surface area contributed by atoms with Crippen LogP contribution < -0.4 is 14.8 Å². The third-order valence-electron chi connectivity index (χ3n) is 5.72. The molecule has 0 unspecified atom stereocenters. The SMILES string of the molecule is CCOC(=O)COc1ccc(C(=O)CNC(=O)c2cc3c(s2)CCN(C(=O)OC(C)(C)C)C3)cc1OCC(=O)OCC. The summed E-state index contributed by atoms with van der Waals surface area (Å²) in [6.07, 6.45) is 0.198. The number of Topliss-reactive ketones (excluding diaryl/α,β-unsaturated/α-hetero) is 1. The summed E-state index contributed by atoms with van der Waals surface area (Å²) in [5.41, 5.74) is 0.458. The zero-order valence-electron chi connectivity index (χ0n) is 24.4. The number of ketones is 1. The van der Waals surface area contributed by atoms with Gasteiger partial charge in [-0.1, -0.05) is 0 Å². The first-order valence-corrected chi connectivity index (χ1v) is 14.3. The van der Waals surface area contributed by atoms with Crippen molar-refractivity contribution in [3.63, 3.8) is 0 Å². The molecule has 0 saturated heterocycles. The summed E-state index contributed by atoms with van der Waals surface area (Å²) in [6, 6.07) is 5.98. The number of ether oxygens (including phenoxy) is 5. The fourth-order valence-electron chi connectivity index (χ4n) is 3.87. The molecule has 1 aliphatic heterocycles. The normalized spacial score (nSPS) is 12.5. The predicted molar refractivity (Wildman–Crippen MR) is 152 cm³/mol. The van der Waals surface area contributed by atoms with Crippen molar-refractivity contribution in [2.75, 3.05) is 39.5 Å². The Morgan fingerprint density at radius 3 is 2.19 bits per heavy atom. The van der Waals surface area contributed by atoms with Crippen molar-refractivity contribution in [3.8, 4) is 11.5 Å². The molecule has 1 aromatic carbocycles. The molecule has 2 aromatic rings. The lowest BCUT2D eigenvalue weighted by Gasteiger charge is -2.29. The number of hydrogen-bond acceptors (Lipinski definition) is 11. The molecule has 3 rings (SSSR count). The van der Waals surface area contributed by atoms with Crippen LogP contribution in [0.15, 0.2) is 24.3 Å². The van der Waals surface area contributed by atoms with E-state index in [4.69, 9.17) is 23.7 Å². The molecule has 0 spiro atoms. The zero-order chi connectivity index (χ0) is 30.9. The lowest BCUT2D eigenvalue weighted by molar-refractivity contribution is -0.146. The van der Waals surface area contributed by atoms with E-state index < -0.39 is 48.5 Å². The highest BCUT2D eigenvalue weighted by Gasteiger charge is 2.28. The third kappa shape index (κ3) is 9.47. The molecule has 42 heavy (non-hydrogen) atoms. The number of benzene rings is 1. The molecule has 2 heterocycles. The first-order chi connectivity index (χ1) is 19.9. The van der Waals surface area contributed by atoms with Crippen LogP contribution in [0, 0.1) is 0 Å². The second-order valence-corrected chi connectivity index (χ2v) is 11.3. The van der Waals surface area contributed by atoms with Gasteiger partial charge in [-0.05, 0) is 70.9 Å². The maximum Gasteiger partial charge on any atom is 0.410 e. The van der Waals surface area contributed by atoms with Gasteiger partial charge in [-0.3, -0.25) is 9.59 Å². The van der Waals surface area contributed by atoms with Crippen LogP contribution in [0.1, 0.15) is 65.1 Å². The van der Waals surface area contributed by atoms with Gasteiger partial charge >= 0.3 is 18.0 Å². The van der Waals surface area contributed by atoms with Crippen LogP contribution in [0.2, 0.25) is 0 Å². The first kappa shape index (κ1) is 32.4. The Morgan fingerprint density at radius 2 is 1.57 bits per heavy atom. The van der Waals surface area contributed by atoms with Crippen LogP contribution in [-0.4, -0.2) is 79.7 Å². The van der Waals surface area contributed by atoms with Crippen molar-refractivity contribution in [2.24, 2.45) is 0 Å². The molecule has 0 atom stereocenters. The van der Waals surface area contributed by atoms with E-state index in [2.05, 4.69) is 5.32 Å². The van der Waals surface area contributed by atoms with Gasteiger partial charge in [0.2, 0.25) is 0 Å². The molecule has 0 aliphatic carbocycles. The molecule has 1 aromatic heterocycles. The summed E-state index contributed by atoms with van der Waals surface area (Å²) >= 11 is 1.33. The third-order valence-corrected chi connectivity index (χ3v) is 6.95. The van der Waals surface area contributed by atoms with Gasteiger partial charge in [-0.15, -0.1) is 11.3 Å². The highest BCUT2D eigenvalue weighted by Crippen LogP contribution is 2.30. The van der Waals surface area contributed by atoms with E-state index in [1.54, 1.807) is 45.6 Å². The topological polar surface area (TPSA) is 147 Å². The molecule has 2 amide bonds. The quantitative estimate of drug-likeness (QED) is 0.217. The van der Waals surface area contributed by atoms with Gasteiger partial charge in [0.15, 0.2) is 30.5 Å². The lowest BCUT2D eigenvalue weighted by atomic mass is 10.1. The largest absolute Gasteiger partial charge is 0.478 e. The number of esters is 2. The van der Waals surface area contributed by atoms with Crippen LogP contribution in [0.4, 0.5) is 4.79 Å². The standard InChI is InChI=1S/C29H36N2O10S/c1-6-37-25(33)16-39-21-9-8-18(12-22(21)40-17-26(34)38-7-2)20(32)14-30-27(35)24-13-19-15-31(11-10-23(19)42-24)28(36)41-29(3,4)5/h8-9,12-13H,6-7,10-11,14-17H2,1-5H3,(H,30,35). The highest BCUT2D eigenvalue weighted by molar-refractivity contribution is 7.14. The molecule has 1 aliphatic rings. The van der Waals surface area contributed by atoms with Crippen molar-refractivity contribution in [3.05, 3.63) is 45.1 Å². The van der Waals surface area contributed by atoms with Gasteiger partial charge in [0, 0.05) is 17.0 Å². The minimum absolute atomic E-state index is 0.0463. The fraction of sp³-hybridized carbons (Fsp3) is 0.483. The van der Waals surface area contributed by atoms with E-state index in [-0.39, 0.29) is 36.8 Å². The number of nitrogens with zero attached hydrogens (tertiary/aromatic N) is 1. The summed E-state index contributed by atoms with van der Waals surface area (Å²) in [5.74, 6) is -1.88. The van der Waals surface area contributed by atoms with E-state index in [9.17, 15) is 24.0 Å². The van der Waals surface area contributed by atoms with Gasteiger partial charge in [0.05, 0.1) is 31.2 Å². The van der Waals surface area contributed by atoms with E-state index in [0.29, 0.717) is 24.4 Å². The van der Waals surface area contributed by atoms with Crippen molar-refractivity contribution < 1.29 is 47.7 Å². The van der Waals surface area contributed by atoms with E-state index >= 15 is 0 Å². The Bertz CT molecular complexity index is 1310. The monoisotopic (exact) mass is 604 g/mol. The fourth-order valence-corrected chi connectivity index (χ4v) is 4.95. The van der Waals surface area contributed by atoms with E-state index in [1.807, 2.05) is 0 Å². The van der Waals surface area contributed by atoms with Crippen LogP contribution >= 0.6 is 11.3 Å². The summed E-state index contributed by atoms with van der Waals surface area (Å²) in [6.45, 7) is 8.79. The highest BCUT2D eigenvalue weighted by atomic mass is 32.1. The lowest BCUT2D eigenvalue weighted by Crippen LogP contribution is -2.39. The maximum absolute atomic E-state index is 12.9. The number of thiophene rings is 1. The Morgan fingerprint density at radius 1 is 0.929 bits per heavy atom. The Kier molecular flexibility index (Phi) is 11.3. The van der Waals surface area contributed by atoms with Crippen molar-refractivity contribution in [2.45, 2.75) is 53.2 Å². The molecule has 0 saturated carbocycles. The van der Waals surface area contributed by atoms with Crippen molar-refractivity contribution >= 4 is 41.1 Å². The molecular formula is C29H36N2O10S. The van der Waals surface area contributed by atoms with E-state index in [1.165, 1.54) is 29.5 Å². The van der Waals surface area contributed by atoms with Gasteiger partial charge < -0.3 is 33.9 Å². The average molecular weight is 605 g/mol. The van der Waals surface area contributed by atoms with Crippen molar-refractivity contribution in [1.82, 2.24) is 10.2 Å². The second-order valence-electron chi connectivity index (χ2n) is 10.2. The molecule has 12 nitrogen and oxygen atoms in total. The molecule has 228 valence electrons. The molecule has 0 bridgehead atoms. The number of carbonyl (C=O) groups excluding carboxylic acids is 5. The predicted octanol–water partition coefficient (Wildman–Crippen LogP) is 3.54. The van der Waals surface area contributed by atoms with E-state index in [0.717, 1.165) is 10.4 Å². The van der Waals surface area contributed by atoms with Gasteiger partial charge in [0.25, 0.3) is 5.91 Å². The average Bonchev–Trinajstić information content (AvgIpc) is 3.37. The second kappa shape index (κ2) is 14.7. The number of rotatable bonds is 12. The summed E-state index contributed by atoms with van der Waals surface area (Å²) in [4.78, 5) is 64.8. The molecule has 0 fully saturated rings. The van der Waals surface area contributed by atoms with Gasteiger partial charge in [0.1, 0.15) is 5.60 Å². The zero-order valence-corrected chi connectivity index (χ0v) is 25.2. The number of nitrogens with one attached hydrogen (secondary N) is 1. The maximum atomic E-state index is 12.9. The first-order valence-electron chi connectivity index (χ1n) is 13.5. The van der Waals surface area contributed by atoms with Gasteiger partial charge in [-0.25, -0.2) is 14.4 Å². The van der Waals surface area contributed by atoms with Crippen LogP contribution in [0.5, 0.6) is 11.5 Å². The van der Waals surface area contributed by atoms with Crippen LogP contribution in [-0.2, 0) is 36.8 Å². The summed E-state index contributed by atoms with van der Waals surface area (Å²) in [5, 5.41) is 2.64. The minimum Gasteiger partial charge on any atom is -0.478 e. The Balaban J connectivity index is 1.63. The van der Waals surface area contributed by atoms with Crippen molar-refractivity contribution in [1.29, 1.82) is 0 Å². The smallest absolute Gasteiger partial charge is 0.410 e. The number of carbonyl (C=O) groups is 5. The molecule has 0 radical (unpaired) electrons. The van der Waals surface area contributed by atoms with Crippen LogP contribution in [0.25, 0.3) is 0 Å². The summed E-state index contributed by atoms with van der Waals surface area (Å²) in [7, 11) is 0. The molecule has 13 heteroatoms. The molecule has 1 N–H and O–H groups in total. The van der Waals surface area contributed by atoms with Crippen LogP contribution in [0.3, 0.4) is 0 Å². The Hall–Kier alpha value is -4.13.